The van der Waals surface area contributed by atoms with E-state index in [0.29, 0.717) is 11.3 Å². The van der Waals surface area contributed by atoms with Crippen LogP contribution in [0.4, 0.5) is 5.69 Å². The Morgan fingerprint density at radius 2 is 1.45 bits per heavy atom. The van der Waals surface area contributed by atoms with Crippen LogP contribution in [0.3, 0.4) is 0 Å². The van der Waals surface area contributed by atoms with Gasteiger partial charge in [0.25, 0.3) is 10.0 Å². The molecule has 2 atom stereocenters. The smallest absolute Gasteiger partial charge is 0.264 e. The molecule has 0 aromatic heterocycles. The van der Waals surface area contributed by atoms with Crippen molar-refractivity contribution in [3.05, 3.63) is 130 Å². The Kier molecular flexibility index (Phi) is 11.4. The summed E-state index contributed by atoms with van der Waals surface area (Å²) in [5.41, 5.74) is 2.79. The first-order valence-electron chi connectivity index (χ1n) is 14.6. The minimum Gasteiger partial charge on any atom is -0.352 e. The molecule has 2 unspecified atom stereocenters. The van der Waals surface area contributed by atoms with Crippen molar-refractivity contribution >= 4 is 43.5 Å². The number of sulfonamides is 1. The number of hydrogen-bond acceptors (Lipinski definition) is 4. The highest BCUT2D eigenvalue weighted by Crippen LogP contribution is 2.28. The summed E-state index contributed by atoms with van der Waals surface area (Å²) < 4.78 is 30.2. The summed E-state index contributed by atoms with van der Waals surface area (Å²) in [7, 11) is -4.13. The second-order valence-electron chi connectivity index (χ2n) is 10.8. The summed E-state index contributed by atoms with van der Waals surface area (Å²) in [5, 5.41) is 3.06. The van der Waals surface area contributed by atoms with E-state index >= 15 is 0 Å². The topological polar surface area (TPSA) is 86.8 Å². The number of anilines is 1. The van der Waals surface area contributed by atoms with Gasteiger partial charge in [0, 0.05) is 23.5 Å². The molecule has 0 fully saturated rings. The normalized spacial score (nSPS) is 12.6. The Morgan fingerprint density at radius 1 is 0.841 bits per heavy atom. The minimum atomic E-state index is -4.13. The first kappa shape index (κ1) is 33.0. The molecule has 0 radical (unpaired) electrons. The molecule has 4 rings (SSSR count). The van der Waals surface area contributed by atoms with Crippen LogP contribution in [0.15, 0.2) is 119 Å². The first-order valence-corrected chi connectivity index (χ1v) is 16.8. The number of halogens is 1. The largest absolute Gasteiger partial charge is 0.352 e. The van der Waals surface area contributed by atoms with Crippen LogP contribution < -0.4 is 9.62 Å². The van der Waals surface area contributed by atoms with Crippen molar-refractivity contribution in [1.82, 2.24) is 10.2 Å². The first-order chi connectivity index (χ1) is 21.1. The summed E-state index contributed by atoms with van der Waals surface area (Å²) in [6, 6.07) is 31.2. The molecule has 0 saturated carbocycles. The van der Waals surface area contributed by atoms with E-state index in [0.717, 1.165) is 26.3 Å². The number of nitrogens with zero attached hydrogens (tertiary/aromatic N) is 2. The molecule has 44 heavy (non-hydrogen) atoms. The predicted octanol–water partition coefficient (Wildman–Crippen LogP) is 6.51. The number of carbonyl (C=O) groups excluding carboxylic acids is 2. The van der Waals surface area contributed by atoms with Crippen LogP contribution in [0.5, 0.6) is 0 Å². The maximum atomic E-state index is 14.5. The van der Waals surface area contributed by atoms with E-state index in [1.54, 1.807) is 30.3 Å². The van der Waals surface area contributed by atoms with Crippen molar-refractivity contribution in [2.45, 2.75) is 57.1 Å². The Balaban J connectivity index is 1.81. The van der Waals surface area contributed by atoms with E-state index in [9.17, 15) is 18.0 Å². The third-order valence-corrected chi connectivity index (χ3v) is 9.78. The molecule has 0 bridgehead atoms. The minimum absolute atomic E-state index is 0.0740. The third-order valence-electron chi connectivity index (χ3n) is 7.51. The molecule has 0 aliphatic carbocycles. The number of carbonyl (C=O) groups is 2. The molecule has 0 aliphatic rings. The number of para-hydroxylation sites is 1. The summed E-state index contributed by atoms with van der Waals surface area (Å²) in [4.78, 5) is 30.0. The fourth-order valence-electron chi connectivity index (χ4n) is 4.90. The summed E-state index contributed by atoms with van der Waals surface area (Å²) >= 11 is 3.51. The van der Waals surface area contributed by atoms with Gasteiger partial charge in [0.1, 0.15) is 12.6 Å². The number of rotatable bonds is 13. The van der Waals surface area contributed by atoms with Gasteiger partial charge < -0.3 is 10.2 Å². The number of aryl methyl sites for hydroxylation is 1. The second-order valence-corrected chi connectivity index (χ2v) is 13.6. The quantitative estimate of drug-likeness (QED) is 0.175. The molecule has 4 aromatic rings. The van der Waals surface area contributed by atoms with Gasteiger partial charge in [0.05, 0.1) is 10.6 Å². The van der Waals surface area contributed by atoms with Crippen LogP contribution in [0.25, 0.3) is 0 Å². The van der Waals surface area contributed by atoms with Crippen LogP contribution in [-0.4, -0.2) is 43.8 Å². The lowest BCUT2D eigenvalue weighted by Gasteiger charge is -2.34. The summed E-state index contributed by atoms with van der Waals surface area (Å²) in [5.74, 6) is -0.784. The average Bonchev–Trinajstić information content (AvgIpc) is 3.02. The maximum Gasteiger partial charge on any atom is 0.264 e. The van der Waals surface area contributed by atoms with E-state index in [1.165, 1.54) is 17.0 Å². The van der Waals surface area contributed by atoms with Gasteiger partial charge in [-0.2, -0.15) is 0 Å². The molecule has 0 heterocycles. The van der Waals surface area contributed by atoms with E-state index in [2.05, 4.69) is 21.2 Å². The van der Waals surface area contributed by atoms with Gasteiger partial charge in [-0.15, -0.1) is 0 Å². The molecule has 0 aliphatic heterocycles. The molecule has 9 heteroatoms. The van der Waals surface area contributed by atoms with E-state index < -0.39 is 28.5 Å². The van der Waals surface area contributed by atoms with Gasteiger partial charge in [-0.25, -0.2) is 8.42 Å². The Labute approximate surface area is 269 Å². The zero-order valence-corrected chi connectivity index (χ0v) is 27.6. The molecule has 0 saturated heterocycles. The monoisotopic (exact) mass is 675 g/mol. The standard InChI is InChI=1S/C35H38BrN3O4S/c1-4-27(3)37-35(41)33(23-28-15-7-5-8-16-28)38(24-29-17-13-18-30(36)22-29)34(40)25-39(32-21-12-11-14-26(32)2)44(42,43)31-19-9-6-10-20-31/h5-22,27,33H,4,23-25H2,1-3H3,(H,37,41). The van der Waals surface area contributed by atoms with Crippen molar-refractivity contribution in [3.63, 3.8) is 0 Å². The maximum absolute atomic E-state index is 14.5. The highest BCUT2D eigenvalue weighted by Gasteiger charge is 2.35. The van der Waals surface area contributed by atoms with Gasteiger partial charge in [-0.1, -0.05) is 102 Å². The number of nitrogens with one attached hydrogen (secondary N) is 1. The zero-order chi connectivity index (χ0) is 31.7. The van der Waals surface area contributed by atoms with Gasteiger partial charge in [-0.3, -0.25) is 13.9 Å². The number of hydrogen-bond donors (Lipinski definition) is 1. The molecule has 1 N–H and O–H groups in total. The van der Waals surface area contributed by atoms with Gasteiger partial charge in [0.2, 0.25) is 11.8 Å². The molecule has 2 amide bonds. The van der Waals surface area contributed by atoms with Crippen molar-refractivity contribution in [2.75, 3.05) is 10.8 Å². The molecular formula is C35H38BrN3O4S. The second kappa shape index (κ2) is 15.2. The number of amides is 2. The SMILES string of the molecule is CCC(C)NC(=O)C(Cc1ccccc1)N(Cc1cccc(Br)c1)C(=O)CN(c1ccccc1C)S(=O)(=O)c1ccccc1. The van der Waals surface area contributed by atoms with Crippen LogP contribution in [-0.2, 0) is 32.6 Å². The molecule has 230 valence electrons. The van der Waals surface area contributed by atoms with Crippen LogP contribution in [0, 0.1) is 6.92 Å². The van der Waals surface area contributed by atoms with E-state index in [-0.39, 0.29) is 29.8 Å². The van der Waals surface area contributed by atoms with Crippen molar-refractivity contribution in [2.24, 2.45) is 0 Å². The van der Waals surface area contributed by atoms with Crippen LogP contribution >= 0.6 is 15.9 Å². The highest BCUT2D eigenvalue weighted by molar-refractivity contribution is 9.10. The number of benzene rings is 4. The predicted molar refractivity (Wildman–Crippen MR) is 179 cm³/mol. The summed E-state index contributed by atoms with van der Waals surface area (Å²) in [6.07, 6.45) is 0.985. The van der Waals surface area contributed by atoms with Crippen LogP contribution in [0.1, 0.15) is 37.0 Å². The molecular weight excluding hydrogens is 638 g/mol. The zero-order valence-electron chi connectivity index (χ0n) is 25.2. The van der Waals surface area contributed by atoms with Gasteiger partial charge in [0.15, 0.2) is 0 Å². The Hall–Kier alpha value is -3.95. The highest BCUT2D eigenvalue weighted by atomic mass is 79.9. The van der Waals surface area contributed by atoms with E-state index in [1.807, 2.05) is 87.5 Å². The lowest BCUT2D eigenvalue weighted by molar-refractivity contribution is -0.140. The fraction of sp³-hybridized carbons (Fsp3) is 0.257. The van der Waals surface area contributed by atoms with Gasteiger partial charge in [-0.05, 0) is 67.3 Å². The van der Waals surface area contributed by atoms with Crippen molar-refractivity contribution in [3.8, 4) is 0 Å². The lowest BCUT2D eigenvalue weighted by atomic mass is 10.0. The van der Waals surface area contributed by atoms with Crippen molar-refractivity contribution in [1.29, 1.82) is 0 Å². The Bertz CT molecular complexity index is 1670. The molecule has 0 spiro atoms. The lowest BCUT2D eigenvalue weighted by Crippen LogP contribution is -2.54. The fourth-order valence-corrected chi connectivity index (χ4v) is 6.85. The summed E-state index contributed by atoms with van der Waals surface area (Å²) in [6.45, 7) is 5.33. The van der Waals surface area contributed by atoms with Crippen molar-refractivity contribution < 1.29 is 18.0 Å². The molecule has 7 nitrogen and oxygen atoms in total. The Morgan fingerprint density at radius 3 is 2.09 bits per heavy atom. The van der Waals surface area contributed by atoms with Crippen LogP contribution in [0.2, 0.25) is 0 Å². The average molecular weight is 677 g/mol. The van der Waals surface area contributed by atoms with E-state index in [4.69, 9.17) is 0 Å². The van der Waals surface area contributed by atoms with Gasteiger partial charge >= 0.3 is 0 Å². The third kappa shape index (κ3) is 8.36. The molecule has 4 aromatic carbocycles.